The number of anilines is 3. The Morgan fingerprint density at radius 1 is 0.825 bits per heavy atom. The molecule has 4 saturated carbocycles. The zero-order chi connectivity index (χ0) is 68.6. The third-order valence-electron chi connectivity index (χ3n) is 19.7. The van der Waals surface area contributed by atoms with Gasteiger partial charge in [0.05, 0.1) is 40.9 Å². The molecule has 3 aromatic carbocycles. The lowest BCUT2D eigenvalue weighted by atomic mass is 9.39. The van der Waals surface area contributed by atoms with E-state index in [4.69, 9.17) is 29.0 Å². The molecule has 1 saturated heterocycles. The van der Waals surface area contributed by atoms with Gasteiger partial charge in [0, 0.05) is 93.7 Å². The number of nitrogens with one attached hydrogen (secondary N) is 3. The molecule has 0 spiro atoms. The van der Waals surface area contributed by atoms with Crippen LogP contribution in [0.2, 0.25) is 0 Å². The minimum Gasteiger partial charge on any atom is -0.476 e. The van der Waals surface area contributed by atoms with Gasteiger partial charge in [0.15, 0.2) is 10.8 Å². The Bertz CT molecular complexity index is 3990. The van der Waals surface area contributed by atoms with Crippen molar-refractivity contribution in [3.05, 3.63) is 125 Å². The van der Waals surface area contributed by atoms with Crippen molar-refractivity contribution in [3.8, 4) is 16.9 Å². The number of benzene rings is 3. The molecule has 4 bridgehead atoms. The molecule has 13 rings (SSSR count). The summed E-state index contributed by atoms with van der Waals surface area (Å²) >= 11 is 1.41. The molecule has 4 aliphatic carbocycles. The highest BCUT2D eigenvalue weighted by Crippen LogP contribution is 2.72. The second-order valence-corrected chi connectivity index (χ2v) is 28.7. The van der Waals surface area contributed by atoms with E-state index < -0.39 is 60.9 Å². The number of thiazole rings is 1. The highest BCUT2D eigenvalue weighted by Gasteiger charge is 2.66. The smallest absolute Gasteiger partial charge is 0.409 e. The summed E-state index contributed by atoms with van der Waals surface area (Å²) in [5.41, 5.74) is 4.82. The Hall–Kier alpha value is -8.70. The lowest BCUT2D eigenvalue weighted by Crippen LogP contribution is -2.64. The fourth-order valence-electron chi connectivity index (χ4n) is 16.3. The maximum atomic E-state index is 13.8. The standard InChI is InChI=1S/C70H82N10O16S/c1-41-46(44-17-19-53(75-58(44)63(90)91)78-26-23-43-11-10-12-45(47(43)31-78)62(89)76-65-74-48-13-7-8-14-52(48)97-65)30-72-80(41)40-69-35-67(2)34-68(3,36-69)38-70(37-67,39-69)94-28-27-77(4)66(92)93-33-42-16-18-50(95-64-61(88)60(87)59(86)51(32-81)96-64)49(29-42)73-55(83)22-24-71-54(82)15-6-5-9-25-79-56(84)20-21-57(79)85/h7-8,10-14,16-21,29-30,51,59-61,64,81,86-88H,5-6,9,15,22-28,31-40H2,1-4H3,(H,71,82)(H,73,83)(H,90,91)(H,74,76,89)/t51-,59+,60+,61+,64-,67?,68?,69?,70?/m1/s1. The van der Waals surface area contributed by atoms with E-state index >= 15 is 0 Å². The third-order valence-corrected chi connectivity index (χ3v) is 20.7. The molecule has 7 aliphatic rings. The average Bonchev–Trinajstić information content (AvgIpc) is 1.15. The van der Waals surface area contributed by atoms with Crippen molar-refractivity contribution < 1.29 is 78.0 Å². The van der Waals surface area contributed by atoms with E-state index in [9.17, 15) is 59.1 Å². The number of pyridine rings is 1. The number of aromatic nitrogens is 4. The van der Waals surface area contributed by atoms with Crippen LogP contribution in [-0.2, 0) is 59.5 Å². The van der Waals surface area contributed by atoms with Gasteiger partial charge in [0.2, 0.25) is 18.1 Å². The highest BCUT2D eigenvalue weighted by molar-refractivity contribution is 7.22. The zero-order valence-electron chi connectivity index (χ0n) is 54.7. The van der Waals surface area contributed by atoms with Gasteiger partial charge in [-0.2, -0.15) is 5.10 Å². The van der Waals surface area contributed by atoms with Gasteiger partial charge in [-0.05, 0) is 140 Å². The molecule has 0 radical (unpaired) electrons. The van der Waals surface area contributed by atoms with E-state index in [0.29, 0.717) is 78.5 Å². The van der Waals surface area contributed by atoms with Gasteiger partial charge in [-0.15, -0.1) is 0 Å². The van der Waals surface area contributed by atoms with Crippen LogP contribution in [0, 0.1) is 23.2 Å². The number of carbonyl (C=O) groups excluding carboxylic acids is 6. The number of amides is 6. The molecule has 26 nitrogen and oxygen atoms in total. The largest absolute Gasteiger partial charge is 0.476 e. The van der Waals surface area contributed by atoms with Gasteiger partial charge in [0.25, 0.3) is 17.7 Å². The van der Waals surface area contributed by atoms with Crippen molar-refractivity contribution in [2.24, 2.45) is 16.2 Å². The Kier molecular flexibility index (Phi) is 19.7. The fourth-order valence-corrected chi connectivity index (χ4v) is 17.2. The van der Waals surface area contributed by atoms with E-state index in [0.717, 1.165) is 70.5 Å². The normalized spacial score (nSPS) is 25.5. The summed E-state index contributed by atoms with van der Waals surface area (Å²) in [5, 5.41) is 66.0. The van der Waals surface area contributed by atoms with E-state index in [2.05, 4.69) is 34.8 Å². The molecule has 5 fully saturated rings. The van der Waals surface area contributed by atoms with Crippen molar-refractivity contribution in [3.63, 3.8) is 0 Å². The number of nitrogens with zero attached hydrogens (tertiary/aromatic N) is 7. The molecule has 6 amide bonds. The number of aliphatic hydroxyl groups is 4. The van der Waals surface area contributed by atoms with Crippen molar-refractivity contribution in [2.45, 2.75) is 154 Å². The first-order valence-electron chi connectivity index (χ1n) is 32.9. The predicted molar refractivity (Wildman–Crippen MR) is 355 cm³/mol. The summed E-state index contributed by atoms with van der Waals surface area (Å²) in [4.78, 5) is 104. The van der Waals surface area contributed by atoms with Crippen molar-refractivity contribution in [1.82, 2.24) is 34.9 Å². The zero-order valence-corrected chi connectivity index (χ0v) is 55.5. The molecule has 8 N–H and O–H groups in total. The maximum absolute atomic E-state index is 13.8. The van der Waals surface area contributed by atoms with Gasteiger partial charge >= 0.3 is 12.1 Å². The van der Waals surface area contributed by atoms with Crippen molar-refractivity contribution in [1.29, 1.82) is 0 Å². The number of ether oxygens (including phenoxy) is 4. The fraction of sp³-hybridized carbons (Fsp3) is 0.486. The predicted octanol–water partition coefficient (Wildman–Crippen LogP) is 6.89. The van der Waals surface area contributed by atoms with Crippen LogP contribution >= 0.6 is 11.3 Å². The second-order valence-electron chi connectivity index (χ2n) is 27.7. The Labute approximate surface area is 563 Å². The minimum absolute atomic E-state index is 0.0256. The van der Waals surface area contributed by atoms with Crippen LogP contribution in [-0.4, -0.2) is 179 Å². The topological polar surface area (TPSA) is 347 Å². The highest BCUT2D eigenvalue weighted by atomic mass is 32.1. The van der Waals surface area contributed by atoms with Gasteiger partial charge in [-0.3, -0.25) is 38.9 Å². The number of imide groups is 1. The number of aromatic carboxylic acids is 1. The molecule has 3 aliphatic heterocycles. The summed E-state index contributed by atoms with van der Waals surface area (Å²) in [6.07, 6.45) is 3.24. The number of likely N-dealkylation sites (N-methyl/N-ethyl adjacent to an activating group) is 1. The van der Waals surface area contributed by atoms with Gasteiger partial charge in [0.1, 0.15) is 42.6 Å². The monoisotopic (exact) mass is 1350 g/mol. The van der Waals surface area contributed by atoms with E-state index in [-0.39, 0.29) is 103 Å². The molecule has 7 atom stereocenters. The Morgan fingerprint density at radius 3 is 2.35 bits per heavy atom. The number of hydrogen-bond donors (Lipinski definition) is 8. The second kappa shape index (κ2) is 28.0. The van der Waals surface area contributed by atoms with Crippen LogP contribution in [0.25, 0.3) is 21.3 Å². The third kappa shape index (κ3) is 14.9. The summed E-state index contributed by atoms with van der Waals surface area (Å²) in [7, 11) is 1.62. The molecule has 6 heterocycles. The van der Waals surface area contributed by atoms with Crippen molar-refractivity contribution in [2.75, 3.05) is 62.0 Å². The van der Waals surface area contributed by atoms with Gasteiger partial charge in [-0.25, -0.2) is 19.6 Å². The number of carbonyl (C=O) groups is 7. The van der Waals surface area contributed by atoms with Crippen LogP contribution < -0.4 is 25.6 Å². The van der Waals surface area contributed by atoms with Gasteiger partial charge in [-0.1, -0.05) is 61.9 Å². The van der Waals surface area contributed by atoms with E-state index in [1.165, 1.54) is 40.5 Å². The van der Waals surface area contributed by atoms with Crippen LogP contribution in [0.4, 0.5) is 21.4 Å². The summed E-state index contributed by atoms with van der Waals surface area (Å²) in [5.74, 6) is -2.55. The number of rotatable bonds is 26. The summed E-state index contributed by atoms with van der Waals surface area (Å²) in [6, 6.07) is 21.5. The number of hydrogen-bond acceptors (Lipinski definition) is 20. The minimum atomic E-state index is -1.76. The van der Waals surface area contributed by atoms with Crippen LogP contribution in [0.5, 0.6) is 5.75 Å². The lowest BCUT2D eigenvalue weighted by Gasteiger charge is -2.69. The Morgan fingerprint density at radius 2 is 1.60 bits per heavy atom. The SMILES string of the molecule is Cc1c(-c2ccc(N3CCc4cccc(C(=O)Nc5nc6ccccc6s5)c4C3)nc2C(=O)O)cnn1CC12CC3(C)CC(C)(C1)CC(OCCN(C)C(=O)OCc1ccc(O[C@@H]4O[C@H](CO)[C@H](O)[C@H](O)[C@@H]4O)c(NC(=O)CCNC(=O)CCCCCN4C(=O)C=CC4=O)c1)(C3)C2. The van der Waals surface area contributed by atoms with E-state index in [1.807, 2.05) is 65.0 Å². The quantitative estimate of drug-likeness (QED) is 0.0202. The average molecular weight is 1350 g/mol. The van der Waals surface area contributed by atoms with Crippen molar-refractivity contribution >= 4 is 79.8 Å². The van der Waals surface area contributed by atoms with Crippen LogP contribution in [0.15, 0.2) is 91.1 Å². The molecular formula is C70H82N10O16S. The number of carboxylic acids is 1. The number of aliphatic hydroxyl groups excluding tert-OH is 4. The number of unbranched alkanes of at least 4 members (excludes halogenated alkanes) is 2. The summed E-state index contributed by atoms with van der Waals surface area (Å²) in [6.45, 7) is 7.91. The first-order valence-corrected chi connectivity index (χ1v) is 33.7. The molecule has 6 aromatic rings. The lowest BCUT2D eigenvalue weighted by molar-refractivity contribution is -0.277. The van der Waals surface area contributed by atoms with E-state index in [1.54, 1.807) is 25.4 Å². The number of para-hydroxylation sites is 1. The van der Waals surface area contributed by atoms with Gasteiger partial charge < -0.3 is 64.9 Å². The van der Waals surface area contributed by atoms with Crippen LogP contribution in [0.1, 0.15) is 128 Å². The Balaban J connectivity index is 0.659. The molecule has 514 valence electrons. The molecular weight excluding hydrogens is 1270 g/mol. The first-order chi connectivity index (χ1) is 46.4. The molecule has 3 aromatic heterocycles. The van der Waals surface area contributed by atoms with Crippen LogP contribution in [0.3, 0.4) is 0 Å². The number of fused-ring (bicyclic) bond motifs is 2. The molecule has 2 unspecified atom stereocenters. The maximum Gasteiger partial charge on any atom is 0.409 e. The molecule has 97 heavy (non-hydrogen) atoms. The number of carboxylic acid groups (broad SMARTS) is 1. The molecule has 27 heteroatoms. The first kappa shape index (κ1) is 68.2. The summed E-state index contributed by atoms with van der Waals surface area (Å²) < 4.78 is 27.3.